The number of carbonyl (C=O) groups is 1. The third-order valence-corrected chi connectivity index (χ3v) is 4.89. The van der Waals surface area contributed by atoms with Crippen LogP contribution in [0.2, 0.25) is 0 Å². The monoisotopic (exact) mass is 298 g/mol. The van der Waals surface area contributed by atoms with Crippen LogP contribution in [0.5, 0.6) is 0 Å². The first kappa shape index (κ1) is 16.7. The van der Waals surface area contributed by atoms with Crippen LogP contribution in [0.15, 0.2) is 29.2 Å². The Morgan fingerprint density at radius 3 is 2.35 bits per heavy atom. The molecule has 112 valence electrons. The van der Waals surface area contributed by atoms with Crippen molar-refractivity contribution in [2.45, 2.75) is 18.2 Å². The van der Waals surface area contributed by atoms with Crippen molar-refractivity contribution in [3.63, 3.8) is 0 Å². The Labute approximate surface area is 120 Å². The van der Waals surface area contributed by atoms with Crippen molar-refractivity contribution in [2.75, 3.05) is 32.9 Å². The van der Waals surface area contributed by atoms with Gasteiger partial charge in [0.25, 0.3) is 0 Å². The molecule has 0 aromatic heterocycles. The van der Waals surface area contributed by atoms with E-state index in [4.69, 9.17) is 0 Å². The SMILES string of the molecule is CCS(=O)(=O)c1ccc(CC(=O)N(C)CCNC)cc1. The van der Waals surface area contributed by atoms with Gasteiger partial charge in [-0.1, -0.05) is 19.1 Å². The summed E-state index contributed by atoms with van der Waals surface area (Å²) in [5, 5.41) is 2.99. The fourth-order valence-electron chi connectivity index (χ4n) is 1.70. The van der Waals surface area contributed by atoms with E-state index in [1.807, 2.05) is 7.05 Å². The summed E-state index contributed by atoms with van der Waals surface area (Å²) in [4.78, 5) is 13.9. The number of carbonyl (C=O) groups excluding carboxylic acids is 1. The van der Waals surface area contributed by atoms with Gasteiger partial charge < -0.3 is 10.2 Å². The minimum absolute atomic E-state index is 0.0198. The predicted molar refractivity (Wildman–Crippen MR) is 79.4 cm³/mol. The summed E-state index contributed by atoms with van der Waals surface area (Å²) in [6.45, 7) is 3.01. The van der Waals surface area contributed by atoms with Gasteiger partial charge in [-0.25, -0.2) is 8.42 Å². The first-order valence-electron chi connectivity index (χ1n) is 6.61. The van der Waals surface area contributed by atoms with Crippen LogP contribution in [0.25, 0.3) is 0 Å². The van der Waals surface area contributed by atoms with Crippen LogP contribution in [0, 0.1) is 0 Å². The summed E-state index contributed by atoms with van der Waals surface area (Å²) >= 11 is 0. The van der Waals surface area contributed by atoms with E-state index in [1.165, 1.54) is 0 Å². The van der Waals surface area contributed by atoms with E-state index < -0.39 is 9.84 Å². The second-order valence-corrected chi connectivity index (χ2v) is 6.92. The fraction of sp³-hybridized carbons (Fsp3) is 0.500. The zero-order valence-electron chi connectivity index (χ0n) is 12.2. The summed E-state index contributed by atoms with van der Waals surface area (Å²) in [5.41, 5.74) is 0.821. The number of nitrogens with one attached hydrogen (secondary N) is 1. The van der Waals surface area contributed by atoms with Gasteiger partial charge in [-0.2, -0.15) is 0 Å². The van der Waals surface area contributed by atoms with E-state index in [9.17, 15) is 13.2 Å². The van der Waals surface area contributed by atoms with Gasteiger partial charge >= 0.3 is 0 Å². The summed E-state index contributed by atoms with van der Waals surface area (Å²) in [5.74, 6) is 0.101. The summed E-state index contributed by atoms with van der Waals surface area (Å²) in [6, 6.07) is 6.53. The molecule has 0 radical (unpaired) electrons. The average molecular weight is 298 g/mol. The molecule has 1 aromatic rings. The molecule has 0 aliphatic rings. The number of rotatable bonds is 7. The van der Waals surface area contributed by atoms with Crippen molar-refractivity contribution in [3.8, 4) is 0 Å². The molecular formula is C14H22N2O3S. The van der Waals surface area contributed by atoms with Crippen molar-refractivity contribution in [3.05, 3.63) is 29.8 Å². The first-order chi connectivity index (χ1) is 9.40. The number of nitrogens with zero attached hydrogens (tertiary/aromatic N) is 1. The van der Waals surface area contributed by atoms with Gasteiger partial charge in [-0.15, -0.1) is 0 Å². The van der Waals surface area contributed by atoms with Crippen LogP contribution >= 0.6 is 0 Å². The topological polar surface area (TPSA) is 66.5 Å². The molecule has 0 fully saturated rings. The molecule has 1 N–H and O–H groups in total. The highest BCUT2D eigenvalue weighted by atomic mass is 32.2. The Morgan fingerprint density at radius 2 is 1.85 bits per heavy atom. The van der Waals surface area contributed by atoms with Crippen molar-refractivity contribution in [1.29, 1.82) is 0 Å². The van der Waals surface area contributed by atoms with Gasteiger partial charge in [-0.3, -0.25) is 4.79 Å². The molecule has 0 unspecified atom stereocenters. The maximum Gasteiger partial charge on any atom is 0.226 e. The highest BCUT2D eigenvalue weighted by molar-refractivity contribution is 7.91. The molecule has 1 rings (SSSR count). The molecule has 0 spiro atoms. The fourth-order valence-corrected chi connectivity index (χ4v) is 2.58. The highest BCUT2D eigenvalue weighted by Crippen LogP contribution is 2.13. The maximum absolute atomic E-state index is 11.9. The van der Waals surface area contributed by atoms with E-state index in [0.717, 1.165) is 12.1 Å². The molecule has 0 aliphatic heterocycles. The summed E-state index contributed by atoms with van der Waals surface area (Å²) < 4.78 is 23.4. The number of amides is 1. The standard InChI is InChI=1S/C14H22N2O3S/c1-4-20(18,19)13-7-5-12(6-8-13)11-14(17)16(3)10-9-15-2/h5-8,15H,4,9-11H2,1-3H3. The van der Waals surface area contributed by atoms with Crippen molar-refractivity contribution < 1.29 is 13.2 Å². The van der Waals surface area contributed by atoms with Gasteiger partial charge in [0.05, 0.1) is 17.1 Å². The number of hydrogen-bond acceptors (Lipinski definition) is 4. The van der Waals surface area contributed by atoms with Crippen molar-refractivity contribution in [2.24, 2.45) is 0 Å². The average Bonchev–Trinajstić information content (AvgIpc) is 2.45. The lowest BCUT2D eigenvalue weighted by Gasteiger charge is -2.16. The van der Waals surface area contributed by atoms with Crippen LogP contribution in [0.3, 0.4) is 0 Å². The lowest BCUT2D eigenvalue weighted by molar-refractivity contribution is -0.129. The predicted octanol–water partition coefficient (Wildman–Crippen LogP) is 0.701. The molecule has 5 nitrogen and oxygen atoms in total. The Morgan fingerprint density at radius 1 is 1.25 bits per heavy atom. The molecule has 1 amide bonds. The van der Waals surface area contributed by atoms with Gasteiger partial charge in [0, 0.05) is 20.1 Å². The van der Waals surface area contributed by atoms with Crippen LogP contribution in [0.4, 0.5) is 0 Å². The zero-order chi connectivity index (χ0) is 15.2. The van der Waals surface area contributed by atoms with Gasteiger partial charge in [0.15, 0.2) is 9.84 Å². The molecule has 0 aliphatic carbocycles. The van der Waals surface area contributed by atoms with Crippen molar-refractivity contribution in [1.82, 2.24) is 10.2 Å². The van der Waals surface area contributed by atoms with E-state index in [2.05, 4.69) is 5.32 Å². The Bertz CT molecular complexity index is 538. The molecule has 1 aromatic carbocycles. The lowest BCUT2D eigenvalue weighted by Crippen LogP contribution is -2.33. The largest absolute Gasteiger partial charge is 0.344 e. The van der Waals surface area contributed by atoms with Crippen LogP contribution in [-0.2, 0) is 21.1 Å². The summed E-state index contributed by atoms with van der Waals surface area (Å²) in [7, 11) is 0.423. The van der Waals surface area contributed by atoms with Gasteiger partial charge in [0.1, 0.15) is 0 Å². The second-order valence-electron chi connectivity index (χ2n) is 4.64. The Balaban J connectivity index is 2.68. The quantitative estimate of drug-likeness (QED) is 0.805. The van der Waals surface area contributed by atoms with Crippen LogP contribution < -0.4 is 5.32 Å². The minimum atomic E-state index is -3.18. The van der Waals surface area contributed by atoms with Gasteiger partial charge in [-0.05, 0) is 24.7 Å². The number of likely N-dealkylation sites (N-methyl/N-ethyl adjacent to an activating group) is 2. The van der Waals surface area contributed by atoms with E-state index >= 15 is 0 Å². The molecule has 0 saturated carbocycles. The summed E-state index contributed by atoms with van der Waals surface area (Å²) in [6.07, 6.45) is 0.284. The van der Waals surface area contributed by atoms with E-state index in [-0.39, 0.29) is 18.1 Å². The second kappa shape index (κ2) is 7.40. The molecular weight excluding hydrogens is 276 g/mol. The number of hydrogen-bond donors (Lipinski definition) is 1. The number of sulfone groups is 1. The Kier molecular flexibility index (Phi) is 6.16. The first-order valence-corrected chi connectivity index (χ1v) is 8.26. The molecule has 20 heavy (non-hydrogen) atoms. The lowest BCUT2D eigenvalue weighted by atomic mass is 10.1. The van der Waals surface area contributed by atoms with E-state index in [0.29, 0.717) is 11.4 Å². The third-order valence-electron chi connectivity index (χ3n) is 3.14. The van der Waals surface area contributed by atoms with E-state index in [1.54, 1.807) is 43.1 Å². The maximum atomic E-state index is 11.9. The molecule has 6 heteroatoms. The van der Waals surface area contributed by atoms with Crippen LogP contribution in [0.1, 0.15) is 12.5 Å². The molecule has 0 saturated heterocycles. The molecule has 0 bridgehead atoms. The van der Waals surface area contributed by atoms with Crippen molar-refractivity contribution >= 4 is 15.7 Å². The molecule has 0 heterocycles. The smallest absolute Gasteiger partial charge is 0.226 e. The van der Waals surface area contributed by atoms with Gasteiger partial charge in [0.2, 0.25) is 5.91 Å². The normalized spacial score (nSPS) is 11.3. The highest BCUT2D eigenvalue weighted by Gasteiger charge is 2.13. The zero-order valence-corrected chi connectivity index (χ0v) is 13.0. The van der Waals surface area contributed by atoms with Crippen LogP contribution in [-0.4, -0.2) is 52.2 Å². The Hall–Kier alpha value is -1.40. The minimum Gasteiger partial charge on any atom is -0.344 e. The third kappa shape index (κ3) is 4.61. The molecule has 0 atom stereocenters. The number of benzene rings is 1.